The molecule has 122 valence electrons. The van der Waals surface area contributed by atoms with Crippen LogP contribution in [0.25, 0.3) is 0 Å². The summed E-state index contributed by atoms with van der Waals surface area (Å²) in [5, 5.41) is 17.1. The first-order valence-corrected chi connectivity index (χ1v) is 7.54. The van der Waals surface area contributed by atoms with Gasteiger partial charge in [-0.25, -0.2) is 4.68 Å². The molecule has 9 nitrogen and oxygen atoms in total. The van der Waals surface area contributed by atoms with Crippen molar-refractivity contribution in [2.45, 2.75) is 38.3 Å². The number of nitrogens with one attached hydrogen (secondary N) is 2. The number of nitrogens with zero attached hydrogens (tertiary/aromatic N) is 4. The lowest BCUT2D eigenvalue weighted by molar-refractivity contribution is -0.121. The van der Waals surface area contributed by atoms with Crippen molar-refractivity contribution >= 4 is 11.8 Å². The van der Waals surface area contributed by atoms with E-state index in [0.29, 0.717) is 11.9 Å². The molecule has 0 radical (unpaired) electrons. The summed E-state index contributed by atoms with van der Waals surface area (Å²) in [5.41, 5.74) is 0. The fourth-order valence-electron chi connectivity index (χ4n) is 2.23. The van der Waals surface area contributed by atoms with Crippen molar-refractivity contribution in [1.82, 2.24) is 30.8 Å². The summed E-state index contributed by atoms with van der Waals surface area (Å²) in [5.74, 6) is 0.360. The Morgan fingerprint density at radius 2 is 2.30 bits per heavy atom. The molecule has 2 aromatic rings. The van der Waals surface area contributed by atoms with Crippen LogP contribution in [0.15, 0.2) is 22.8 Å². The summed E-state index contributed by atoms with van der Waals surface area (Å²) < 4.78 is 6.74. The fourth-order valence-corrected chi connectivity index (χ4v) is 2.23. The largest absolute Gasteiger partial charge is 0.459 e. The van der Waals surface area contributed by atoms with Gasteiger partial charge in [0.2, 0.25) is 5.91 Å². The summed E-state index contributed by atoms with van der Waals surface area (Å²) in [7, 11) is 0. The van der Waals surface area contributed by atoms with Crippen molar-refractivity contribution in [3.8, 4) is 0 Å². The van der Waals surface area contributed by atoms with Gasteiger partial charge in [0, 0.05) is 13.0 Å². The summed E-state index contributed by atoms with van der Waals surface area (Å²) in [6.07, 6.45) is 3.73. The molecule has 0 unspecified atom stereocenters. The number of carbonyl (C=O) groups is 2. The van der Waals surface area contributed by atoms with Crippen LogP contribution >= 0.6 is 0 Å². The highest BCUT2D eigenvalue weighted by atomic mass is 16.3. The van der Waals surface area contributed by atoms with E-state index in [-0.39, 0.29) is 36.6 Å². The van der Waals surface area contributed by atoms with Crippen molar-refractivity contribution < 1.29 is 14.0 Å². The summed E-state index contributed by atoms with van der Waals surface area (Å²) in [6, 6.07) is 3.27. The van der Waals surface area contributed by atoms with Crippen LogP contribution in [0.2, 0.25) is 0 Å². The van der Waals surface area contributed by atoms with Crippen LogP contribution in [0, 0.1) is 0 Å². The maximum absolute atomic E-state index is 11.9. The zero-order chi connectivity index (χ0) is 16.2. The standard InChI is InChI=1S/C14H18N6O3/c1-9(13-17-18-19-20(13)10-4-5-10)16-12(21)6-7-15-14(22)11-3-2-8-23-11/h2-3,8-10H,4-7H2,1H3,(H,15,22)(H,16,21)/t9-/m0/s1. The van der Waals surface area contributed by atoms with Crippen LogP contribution in [0.3, 0.4) is 0 Å². The van der Waals surface area contributed by atoms with Crippen LogP contribution < -0.4 is 10.6 Å². The molecular weight excluding hydrogens is 300 g/mol. The van der Waals surface area contributed by atoms with E-state index in [1.54, 1.807) is 16.8 Å². The maximum Gasteiger partial charge on any atom is 0.286 e. The minimum Gasteiger partial charge on any atom is -0.459 e. The quantitative estimate of drug-likeness (QED) is 0.772. The number of aromatic nitrogens is 4. The Hall–Kier alpha value is -2.71. The van der Waals surface area contributed by atoms with Crippen LogP contribution in [0.5, 0.6) is 0 Å². The first-order valence-electron chi connectivity index (χ1n) is 7.54. The third-order valence-electron chi connectivity index (χ3n) is 3.56. The lowest BCUT2D eigenvalue weighted by Crippen LogP contribution is -2.33. The predicted octanol–water partition coefficient (Wildman–Crippen LogP) is 0.598. The number of rotatable bonds is 7. The zero-order valence-corrected chi connectivity index (χ0v) is 12.7. The summed E-state index contributed by atoms with van der Waals surface area (Å²) in [6.45, 7) is 2.07. The zero-order valence-electron chi connectivity index (χ0n) is 12.7. The number of hydrogen-bond acceptors (Lipinski definition) is 6. The number of amides is 2. The minimum atomic E-state index is -0.339. The van der Waals surface area contributed by atoms with Crippen molar-refractivity contribution in [3.63, 3.8) is 0 Å². The number of hydrogen-bond donors (Lipinski definition) is 2. The van der Waals surface area contributed by atoms with Crippen LogP contribution in [0.1, 0.15) is 54.6 Å². The molecule has 1 saturated carbocycles. The Kier molecular flexibility index (Phi) is 4.35. The molecule has 0 aromatic carbocycles. The first-order chi connectivity index (χ1) is 11.1. The Balaban J connectivity index is 1.43. The van der Waals surface area contributed by atoms with Gasteiger partial charge in [-0.2, -0.15) is 0 Å². The molecule has 0 spiro atoms. The van der Waals surface area contributed by atoms with E-state index in [0.717, 1.165) is 12.8 Å². The van der Waals surface area contributed by atoms with Gasteiger partial charge in [0.1, 0.15) is 0 Å². The van der Waals surface area contributed by atoms with E-state index < -0.39 is 0 Å². The van der Waals surface area contributed by atoms with Gasteiger partial charge in [0.05, 0.1) is 18.3 Å². The lowest BCUT2D eigenvalue weighted by Gasteiger charge is -2.13. The Morgan fingerprint density at radius 1 is 1.48 bits per heavy atom. The molecule has 9 heteroatoms. The molecule has 0 aliphatic heterocycles. The van der Waals surface area contributed by atoms with E-state index in [1.165, 1.54) is 6.26 Å². The average molecular weight is 318 g/mol. The van der Waals surface area contributed by atoms with Crippen molar-refractivity contribution in [3.05, 3.63) is 30.0 Å². The van der Waals surface area contributed by atoms with Gasteiger partial charge in [-0.1, -0.05) is 0 Å². The third-order valence-corrected chi connectivity index (χ3v) is 3.56. The van der Waals surface area contributed by atoms with Gasteiger partial charge in [-0.3, -0.25) is 9.59 Å². The molecule has 2 N–H and O–H groups in total. The lowest BCUT2D eigenvalue weighted by atomic mass is 10.3. The van der Waals surface area contributed by atoms with Gasteiger partial charge in [0.25, 0.3) is 5.91 Å². The number of carbonyl (C=O) groups excluding carboxylic acids is 2. The maximum atomic E-state index is 11.9. The van der Waals surface area contributed by atoms with Crippen LogP contribution in [-0.2, 0) is 4.79 Å². The van der Waals surface area contributed by atoms with Gasteiger partial charge in [-0.05, 0) is 42.3 Å². The summed E-state index contributed by atoms with van der Waals surface area (Å²) >= 11 is 0. The van der Waals surface area contributed by atoms with E-state index in [2.05, 4.69) is 26.2 Å². The highest BCUT2D eigenvalue weighted by Gasteiger charge is 2.29. The molecule has 0 bridgehead atoms. The second-order valence-electron chi connectivity index (χ2n) is 5.49. The van der Waals surface area contributed by atoms with Crippen LogP contribution in [0.4, 0.5) is 0 Å². The van der Waals surface area contributed by atoms with Crippen molar-refractivity contribution in [1.29, 1.82) is 0 Å². The Bertz CT molecular complexity index is 677. The molecular formula is C14H18N6O3. The first kappa shape index (κ1) is 15.2. The molecule has 0 saturated heterocycles. The third kappa shape index (κ3) is 3.74. The highest BCUT2D eigenvalue weighted by molar-refractivity contribution is 5.91. The number of tetrazole rings is 1. The second kappa shape index (κ2) is 6.59. The molecule has 2 heterocycles. The van der Waals surface area contributed by atoms with E-state index in [4.69, 9.17) is 4.42 Å². The topological polar surface area (TPSA) is 115 Å². The molecule has 1 aliphatic carbocycles. The monoisotopic (exact) mass is 318 g/mol. The van der Waals surface area contributed by atoms with E-state index in [1.807, 2.05) is 6.92 Å². The van der Waals surface area contributed by atoms with E-state index in [9.17, 15) is 9.59 Å². The van der Waals surface area contributed by atoms with Crippen molar-refractivity contribution in [2.24, 2.45) is 0 Å². The van der Waals surface area contributed by atoms with Gasteiger partial charge in [-0.15, -0.1) is 5.10 Å². The molecule has 2 amide bonds. The van der Waals surface area contributed by atoms with Crippen molar-refractivity contribution in [2.75, 3.05) is 6.54 Å². The Labute approximate surface area is 132 Å². The molecule has 1 atom stereocenters. The highest BCUT2D eigenvalue weighted by Crippen LogP contribution is 2.35. The fraction of sp³-hybridized carbons (Fsp3) is 0.500. The Morgan fingerprint density at radius 3 is 3.00 bits per heavy atom. The van der Waals surface area contributed by atoms with Gasteiger partial charge < -0.3 is 15.1 Å². The van der Waals surface area contributed by atoms with E-state index >= 15 is 0 Å². The normalized spacial score (nSPS) is 15.2. The van der Waals surface area contributed by atoms with Gasteiger partial charge >= 0.3 is 0 Å². The molecule has 2 aromatic heterocycles. The smallest absolute Gasteiger partial charge is 0.286 e. The predicted molar refractivity (Wildman–Crippen MR) is 78.3 cm³/mol. The summed E-state index contributed by atoms with van der Waals surface area (Å²) in [4.78, 5) is 23.6. The average Bonchev–Trinajstić information content (AvgIpc) is 3.05. The number of furan rings is 1. The molecule has 3 rings (SSSR count). The molecule has 1 aliphatic rings. The SMILES string of the molecule is C[C@H](NC(=O)CCNC(=O)c1ccco1)c1nnnn1C1CC1. The van der Waals surface area contributed by atoms with Gasteiger partial charge in [0.15, 0.2) is 11.6 Å². The molecule has 1 fully saturated rings. The van der Waals surface area contributed by atoms with Crippen LogP contribution in [-0.4, -0.2) is 38.6 Å². The molecule has 23 heavy (non-hydrogen) atoms. The minimum absolute atomic E-state index is 0.168. The second-order valence-corrected chi connectivity index (χ2v) is 5.49.